The lowest BCUT2D eigenvalue weighted by Crippen LogP contribution is -2.45. The van der Waals surface area contributed by atoms with E-state index in [1.54, 1.807) is 11.4 Å². The molecule has 20 heavy (non-hydrogen) atoms. The Morgan fingerprint density at radius 1 is 1.20 bits per heavy atom. The Bertz CT molecular complexity index is 366. The van der Waals surface area contributed by atoms with E-state index in [0.29, 0.717) is 12.5 Å². The van der Waals surface area contributed by atoms with E-state index in [2.05, 4.69) is 10.0 Å². The van der Waals surface area contributed by atoms with E-state index in [9.17, 15) is 8.42 Å². The van der Waals surface area contributed by atoms with Gasteiger partial charge in [-0.05, 0) is 44.7 Å². The van der Waals surface area contributed by atoms with Crippen molar-refractivity contribution in [2.24, 2.45) is 5.92 Å². The quantitative estimate of drug-likeness (QED) is 0.778. The van der Waals surface area contributed by atoms with E-state index >= 15 is 0 Å². The predicted octanol–water partition coefficient (Wildman–Crippen LogP) is 1.51. The van der Waals surface area contributed by atoms with E-state index in [1.165, 1.54) is 12.8 Å². The van der Waals surface area contributed by atoms with Crippen molar-refractivity contribution in [2.75, 3.05) is 26.7 Å². The van der Waals surface area contributed by atoms with Crippen LogP contribution in [0.1, 0.15) is 44.9 Å². The first-order valence-corrected chi connectivity index (χ1v) is 8.97. The van der Waals surface area contributed by atoms with Gasteiger partial charge < -0.3 is 5.32 Å². The minimum Gasteiger partial charge on any atom is -0.316 e. The number of rotatable bonds is 6. The number of halogens is 1. The highest BCUT2D eigenvalue weighted by atomic mass is 35.5. The maximum atomic E-state index is 12.2. The van der Waals surface area contributed by atoms with Crippen molar-refractivity contribution in [3.63, 3.8) is 0 Å². The van der Waals surface area contributed by atoms with Gasteiger partial charge in [0.15, 0.2) is 0 Å². The van der Waals surface area contributed by atoms with Crippen LogP contribution in [0.25, 0.3) is 0 Å². The molecule has 0 spiro atoms. The van der Waals surface area contributed by atoms with Crippen LogP contribution >= 0.6 is 12.4 Å². The van der Waals surface area contributed by atoms with Crippen LogP contribution in [-0.4, -0.2) is 45.4 Å². The second kappa shape index (κ2) is 8.54. The Balaban J connectivity index is 0.00000200. The third-order valence-corrected chi connectivity index (χ3v) is 6.09. The van der Waals surface area contributed by atoms with Gasteiger partial charge in [0.05, 0.1) is 0 Å². The standard InChI is InChI=1S/C13H27N3O2S.ClH/c1-16(13-5-3-2-4-6-13)19(17,18)15-10-8-12-7-9-14-11-12;/h12-15H,2-11H2,1H3;1H. The average molecular weight is 326 g/mol. The molecule has 1 unspecified atom stereocenters. The predicted molar refractivity (Wildman–Crippen MR) is 84.4 cm³/mol. The van der Waals surface area contributed by atoms with E-state index in [4.69, 9.17) is 0 Å². The van der Waals surface area contributed by atoms with Gasteiger partial charge in [-0.25, -0.2) is 4.72 Å². The number of nitrogens with zero attached hydrogens (tertiary/aromatic N) is 1. The largest absolute Gasteiger partial charge is 0.316 e. The van der Waals surface area contributed by atoms with Crippen LogP contribution in [0.4, 0.5) is 0 Å². The first-order valence-electron chi connectivity index (χ1n) is 7.53. The minimum absolute atomic E-state index is 0. The summed E-state index contributed by atoms with van der Waals surface area (Å²) in [6.45, 7) is 2.66. The Hall–Kier alpha value is 0.120. The van der Waals surface area contributed by atoms with E-state index < -0.39 is 10.2 Å². The van der Waals surface area contributed by atoms with Crippen LogP contribution < -0.4 is 10.0 Å². The molecule has 2 N–H and O–H groups in total. The molecule has 0 radical (unpaired) electrons. The number of hydrogen-bond acceptors (Lipinski definition) is 3. The lowest BCUT2D eigenvalue weighted by molar-refractivity contribution is 0.282. The van der Waals surface area contributed by atoms with Crippen molar-refractivity contribution in [3.8, 4) is 0 Å². The molecule has 0 aromatic carbocycles. The zero-order valence-corrected chi connectivity index (χ0v) is 13.9. The first-order chi connectivity index (χ1) is 9.09. The van der Waals surface area contributed by atoms with Crippen LogP contribution in [0, 0.1) is 5.92 Å². The molecule has 0 aromatic heterocycles. The van der Waals surface area contributed by atoms with Gasteiger partial charge in [-0.2, -0.15) is 12.7 Å². The zero-order valence-electron chi connectivity index (χ0n) is 12.3. The van der Waals surface area contributed by atoms with Crippen LogP contribution in [-0.2, 0) is 10.2 Å². The Morgan fingerprint density at radius 2 is 1.90 bits per heavy atom. The number of nitrogens with one attached hydrogen (secondary N) is 2. The highest BCUT2D eigenvalue weighted by Gasteiger charge is 2.27. The Morgan fingerprint density at radius 3 is 2.50 bits per heavy atom. The molecule has 0 aromatic rings. The maximum absolute atomic E-state index is 12.2. The molecular weight excluding hydrogens is 298 g/mol. The van der Waals surface area contributed by atoms with Crippen molar-refractivity contribution in [3.05, 3.63) is 0 Å². The molecule has 1 aliphatic carbocycles. The summed E-state index contributed by atoms with van der Waals surface area (Å²) in [5.41, 5.74) is 0. The summed E-state index contributed by atoms with van der Waals surface area (Å²) in [5.74, 6) is 0.627. The smallest absolute Gasteiger partial charge is 0.279 e. The molecule has 120 valence electrons. The van der Waals surface area contributed by atoms with Crippen LogP contribution in [0.3, 0.4) is 0 Å². The Kier molecular flexibility index (Phi) is 7.75. The molecule has 1 atom stereocenters. The summed E-state index contributed by atoms with van der Waals surface area (Å²) in [7, 11) is -1.57. The van der Waals surface area contributed by atoms with Crippen LogP contribution in [0.15, 0.2) is 0 Å². The van der Waals surface area contributed by atoms with Crippen molar-refractivity contribution in [2.45, 2.75) is 51.0 Å². The molecule has 1 heterocycles. The fraction of sp³-hybridized carbons (Fsp3) is 1.00. The molecule has 2 aliphatic rings. The topological polar surface area (TPSA) is 61.4 Å². The Labute approximate surface area is 129 Å². The SMILES string of the molecule is CN(C1CCCCC1)S(=O)(=O)NCCC1CCNC1.Cl. The van der Waals surface area contributed by atoms with Crippen molar-refractivity contribution in [1.29, 1.82) is 0 Å². The summed E-state index contributed by atoms with van der Waals surface area (Å²) >= 11 is 0. The van der Waals surface area contributed by atoms with Gasteiger partial charge in [0.25, 0.3) is 10.2 Å². The lowest BCUT2D eigenvalue weighted by atomic mass is 9.96. The van der Waals surface area contributed by atoms with Crippen molar-refractivity contribution in [1.82, 2.24) is 14.3 Å². The molecule has 0 bridgehead atoms. The molecule has 7 heteroatoms. The van der Waals surface area contributed by atoms with Crippen molar-refractivity contribution >= 4 is 22.6 Å². The average Bonchev–Trinajstić information content (AvgIpc) is 2.92. The van der Waals surface area contributed by atoms with Gasteiger partial charge in [0.2, 0.25) is 0 Å². The van der Waals surface area contributed by atoms with E-state index in [1.807, 2.05) is 0 Å². The normalized spacial score (nSPS) is 24.8. The first kappa shape index (κ1) is 18.2. The maximum Gasteiger partial charge on any atom is 0.279 e. The molecule has 2 fully saturated rings. The lowest BCUT2D eigenvalue weighted by Gasteiger charge is -2.30. The van der Waals surface area contributed by atoms with Crippen molar-refractivity contribution < 1.29 is 8.42 Å². The zero-order chi connectivity index (χ0) is 13.7. The molecule has 1 saturated carbocycles. The van der Waals surface area contributed by atoms with E-state index in [-0.39, 0.29) is 18.4 Å². The van der Waals surface area contributed by atoms with Gasteiger partial charge >= 0.3 is 0 Å². The second-order valence-corrected chi connectivity index (χ2v) is 7.67. The van der Waals surface area contributed by atoms with Gasteiger partial charge in [-0.3, -0.25) is 0 Å². The fourth-order valence-electron chi connectivity index (χ4n) is 3.10. The summed E-state index contributed by atoms with van der Waals surface area (Å²) < 4.78 is 28.7. The molecule has 1 saturated heterocycles. The summed E-state index contributed by atoms with van der Waals surface area (Å²) in [4.78, 5) is 0. The molecule has 1 aliphatic heterocycles. The third kappa shape index (κ3) is 5.15. The highest BCUT2D eigenvalue weighted by Crippen LogP contribution is 2.23. The second-order valence-electron chi connectivity index (χ2n) is 5.85. The van der Waals surface area contributed by atoms with Gasteiger partial charge in [0.1, 0.15) is 0 Å². The highest BCUT2D eigenvalue weighted by molar-refractivity contribution is 7.87. The van der Waals surface area contributed by atoms with Gasteiger partial charge in [-0.15, -0.1) is 12.4 Å². The third-order valence-electron chi connectivity index (χ3n) is 4.47. The van der Waals surface area contributed by atoms with E-state index in [0.717, 1.165) is 45.2 Å². The monoisotopic (exact) mass is 325 g/mol. The summed E-state index contributed by atoms with van der Waals surface area (Å²) in [6.07, 6.45) is 7.65. The summed E-state index contributed by atoms with van der Waals surface area (Å²) in [5, 5.41) is 3.31. The molecular formula is C13H28ClN3O2S. The molecule has 0 amide bonds. The van der Waals surface area contributed by atoms with Crippen LogP contribution in [0.5, 0.6) is 0 Å². The van der Waals surface area contributed by atoms with Gasteiger partial charge in [-0.1, -0.05) is 19.3 Å². The minimum atomic E-state index is -3.29. The van der Waals surface area contributed by atoms with Crippen LogP contribution in [0.2, 0.25) is 0 Å². The van der Waals surface area contributed by atoms with Gasteiger partial charge in [0, 0.05) is 19.6 Å². The summed E-state index contributed by atoms with van der Waals surface area (Å²) in [6, 6.07) is 0.194. The molecule has 5 nitrogen and oxygen atoms in total. The molecule has 2 rings (SSSR count). The fourth-order valence-corrected chi connectivity index (χ4v) is 4.28. The number of hydrogen-bond donors (Lipinski definition) is 2.